The molecule has 0 spiro atoms. The van der Waals surface area contributed by atoms with Crippen LogP contribution in [0.25, 0.3) is 0 Å². The summed E-state index contributed by atoms with van der Waals surface area (Å²) in [4.78, 5) is 4.31. The van der Waals surface area contributed by atoms with Crippen LogP contribution in [0.3, 0.4) is 0 Å². The molecule has 6 nitrogen and oxygen atoms in total. The molecule has 0 saturated heterocycles. The predicted octanol–water partition coefficient (Wildman–Crippen LogP) is -0.0246. The van der Waals surface area contributed by atoms with Crippen molar-refractivity contribution in [1.29, 1.82) is 0 Å². The average Bonchev–Trinajstić information content (AvgIpc) is 3.20. The van der Waals surface area contributed by atoms with Crippen LogP contribution in [0.1, 0.15) is 19.8 Å². The summed E-state index contributed by atoms with van der Waals surface area (Å²) in [5.74, 6) is 1.42. The Labute approximate surface area is 115 Å². The van der Waals surface area contributed by atoms with Crippen LogP contribution in [0.4, 0.5) is 0 Å². The number of nitrogens with zero attached hydrogens (tertiary/aromatic N) is 1. The SMILES string of the molecule is CCNC(=NCC(O)COCC1CC1)NCCOC. The highest BCUT2D eigenvalue weighted by atomic mass is 16.5. The molecule has 1 unspecified atom stereocenters. The van der Waals surface area contributed by atoms with Crippen molar-refractivity contribution in [1.82, 2.24) is 10.6 Å². The second-order valence-corrected chi connectivity index (χ2v) is 4.77. The molecule has 0 aromatic heterocycles. The van der Waals surface area contributed by atoms with Gasteiger partial charge in [-0.25, -0.2) is 0 Å². The van der Waals surface area contributed by atoms with Crippen LogP contribution in [0, 0.1) is 5.92 Å². The van der Waals surface area contributed by atoms with Crippen LogP contribution in [-0.2, 0) is 9.47 Å². The molecule has 1 fully saturated rings. The molecule has 0 heterocycles. The van der Waals surface area contributed by atoms with Gasteiger partial charge in [0.05, 0.1) is 25.9 Å². The topological polar surface area (TPSA) is 75.1 Å². The number of aliphatic imine (C=N–C) groups is 1. The van der Waals surface area contributed by atoms with Crippen molar-refractivity contribution in [3.8, 4) is 0 Å². The monoisotopic (exact) mass is 273 g/mol. The van der Waals surface area contributed by atoms with Crippen LogP contribution in [0.15, 0.2) is 4.99 Å². The maximum absolute atomic E-state index is 9.76. The molecule has 1 saturated carbocycles. The zero-order chi connectivity index (χ0) is 13.9. The molecule has 0 radical (unpaired) electrons. The van der Waals surface area contributed by atoms with Crippen molar-refractivity contribution in [2.75, 3.05) is 46.6 Å². The molecular weight excluding hydrogens is 246 g/mol. The van der Waals surface area contributed by atoms with Gasteiger partial charge in [-0.15, -0.1) is 0 Å². The van der Waals surface area contributed by atoms with E-state index in [2.05, 4.69) is 15.6 Å². The molecule has 0 aromatic rings. The fourth-order valence-electron chi connectivity index (χ4n) is 1.52. The first-order valence-corrected chi connectivity index (χ1v) is 7.03. The minimum atomic E-state index is -0.545. The predicted molar refractivity (Wildman–Crippen MR) is 75.4 cm³/mol. The third-order valence-corrected chi connectivity index (χ3v) is 2.76. The minimum absolute atomic E-state index is 0.340. The van der Waals surface area contributed by atoms with Crippen molar-refractivity contribution in [3.63, 3.8) is 0 Å². The van der Waals surface area contributed by atoms with Gasteiger partial charge in [0, 0.05) is 26.8 Å². The smallest absolute Gasteiger partial charge is 0.191 e. The normalized spacial score (nSPS) is 17.3. The first-order chi connectivity index (χ1) is 9.26. The summed E-state index contributed by atoms with van der Waals surface area (Å²) in [6, 6.07) is 0. The first kappa shape index (κ1) is 16.2. The summed E-state index contributed by atoms with van der Waals surface area (Å²) < 4.78 is 10.4. The number of guanidine groups is 1. The van der Waals surface area contributed by atoms with Crippen molar-refractivity contribution in [3.05, 3.63) is 0 Å². The van der Waals surface area contributed by atoms with Gasteiger partial charge in [-0.3, -0.25) is 4.99 Å². The Morgan fingerprint density at radius 2 is 2.21 bits per heavy atom. The Hall–Kier alpha value is -0.850. The van der Waals surface area contributed by atoms with E-state index < -0.39 is 6.10 Å². The van der Waals surface area contributed by atoms with Gasteiger partial charge in [-0.05, 0) is 25.7 Å². The van der Waals surface area contributed by atoms with Gasteiger partial charge in [0.2, 0.25) is 0 Å². The number of rotatable bonds is 10. The van der Waals surface area contributed by atoms with Gasteiger partial charge in [0.1, 0.15) is 0 Å². The summed E-state index contributed by atoms with van der Waals surface area (Å²) in [6.45, 7) is 5.57. The largest absolute Gasteiger partial charge is 0.389 e. The number of nitrogens with one attached hydrogen (secondary N) is 2. The van der Waals surface area contributed by atoms with Crippen LogP contribution >= 0.6 is 0 Å². The van der Waals surface area contributed by atoms with Gasteiger partial charge in [0.15, 0.2) is 5.96 Å². The number of aliphatic hydroxyl groups is 1. The lowest BCUT2D eigenvalue weighted by atomic mass is 10.4. The molecule has 112 valence electrons. The van der Waals surface area contributed by atoms with E-state index in [9.17, 15) is 5.11 Å². The van der Waals surface area contributed by atoms with E-state index in [0.717, 1.165) is 19.1 Å². The summed E-state index contributed by atoms with van der Waals surface area (Å²) in [7, 11) is 1.66. The van der Waals surface area contributed by atoms with Crippen molar-refractivity contribution in [2.45, 2.75) is 25.9 Å². The van der Waals surface area contributed by atoms with E-state index in [1.165, 1.54) is 12.8 Å². The zero-order valence-electron chi connectivity index (χ0n) is 12.0. The lowest BCUT2D eigenvalue weighted by Crippen LogP contribution is -2.39. The fourth-order valence-corrected chi connectivity index (χ4v) is 1.52. The molecule has 6 heteroatoms. The summed E-state index contributed by atoms with van der Waals surface area (Å²) in [6.07, 6.45) is 1.99. The molecule has 3 N–H and O–H groups in total. The van der Waals surface area contributed by atoms with Crippen LogP contribution in [0.2, 0.25) is 0 Å². The minimum Gasteiger partial charge on any atom is -0.389 e. The molecule has 0 amide bonds. The highest BCUT2D eigenvalue weighted by Crippen LogP contribution is 2.28. The zero-order valence-corrected chi connectivity index (χ0v) is 12.0. The number of ether oxygens (including phenoxy) is 2. The molecule has 19 heavy (non-hydrogen) atoms. The van der Waals surface area contributed by atoms with Crippen LogP contribution in [-0.4, -0.2) is 63.7 Å². The quantitative estimate of drug-likeness (QED) is 0.296. The van der Waals surface area contributed by atoms with E-state index in [0.29, 0.717) is 32.3 Å². The molecule has 1 atom stereocenters. The van der Waals surface area contributed by atoms with Crippen LogP contribution < -0.4 is 10.6 Å². The van der Waals surface area contributed by atoms with E-state index in [1.54, 1.807) is 7.11 Å². The lowest BCUT2D eigenvalue weighted by molar-refractivity contribution is 0.0368. The fraction of sp³-hybridized carbons (Fsp3) is 0.923. The molecule has 1 aliphatic carbocycles. The second kappa shape index (κ2) is 10.00. The number of hydrogen-bond donors (Lipinski definition) is 3. The van der Waals surface area contributed by atoms with E-state index in [1.807, 2.05) is 6.92 Å². The molecule has 0 aromatic carbocycles. The molecule has 0 aliphatic heterocycles. The Morgan fingerprint density at radius 1 is 1.42 bits per heavy atom. The maximum atomic E-state index is 9.76. The number of aliphatic hydroxyl groups excluding tert-OH is 1. The third kappa shape index (κ3) is 8.80. The van der Waals surface area contributed by atoms with Gasteiger partial charge < -0.3 is 25.2 Å². The Kier molecular flexibility index (Phi) is 8.53. The third-order valence-electron chi connectivity index (χ3n) is 2.76. The van der Waals surface area contributed by atoms with Gasteiger partial charge in [-0.1, -0.05) is 0 Å². The van der Waals surface area contributed by atoms with Gasteiger partial charge in [0.25, 0.3) is 0 Å². The van der Waals surface area contributed by atoms with Crippen molar-refractivity contribution in [2.24, 2.45) is 10.9 Å². The van der Waals surface area contributed by atoms with Crippen molar-refractivity contribution < 1.29 is 14.6 Å². The summed E-state index contributed by atoms with van der Waals surface area (Å²) in [5, 5.41) is 16.0. The Bertz CT molecular complexity index is 258. The molecule has 0 bridgehead atoms. The number of methoxy groups -OCH3 is 1. The summed E-state index contributed by atoms with van der Waals surface area (Å²) in [5.41, 5.74) is 0. The second-order valence-electron chi connectivity index (χ2n) is 4.77. The lowest BCUT2D eigenvalue weighted by Gasteiger charge is -2.13. The number of hydrogen-bond acceptors (Lipinski definition) is 4. The van der Waals surface area contributed by atoms with Crippen molar-refractivity contribution >= 4 is 5.96 Å². The highest BCUT2D eigenvalue weighted by Gasteiger charge is 2.21. The molecular formula is C13H27N3O3. The molecule has 1 aliphatic rings. The van der Waals surface area contributed by atoms with Gasteiger partial charge >= 0.3 is 0 Å². The summed E-state index contributed by atoms with van der Waals surface area (Å²) >= 11 is 0. The standard InChI is InChI=1S/C13H27N3O3/c1-3-14-13(15-6-7-18-2)16-8-12(17)10-19-9-11-4-5-11/h11-12,17H,3-10H2,1-2H3,(H2,14,15,16). The average molecular weight is 273 g/mol. The highest BCUT2D eigenvalue weighted by molar-refractivity contribution is 5.79. The molecule has 1 rings (SSSR count). The van der Waals surface area contributed by atoms with E-state index in [4.69, 9.17) is 9.47 Å². The van der Waals surface area contributed by atoms with E-state index in [-0.39, 0.29) is 0 Å². The van der Waals surface area contributed by atoms with Crippen LogP contribution in [0.5, 0.6) is 0 Å². The van der Waals surface area contributed by atoms with Gasteiger partial charge in [-0.2, -0.15) is 0 Å². The first-order valence-electron chi connectivity index (χ1n) is 7.03. The Morgan fingerprint density at radius 3 is 2.84 bits per heavy atom. The van der Waals surface area contributed by atoms with E-state index >= 15 is 0 Å². The Balaban J connectivity index is 2.14. The maximum Gasteiger partial charge on any atom is 0.191 e.